The second-order valence-electron chi connectivity index (χ2n) is 9.35. The maximum absolute atomic E-state index is 14.9. The molecule has 2 fully saturated rings. The van der Waals surface area contributed by atoms with Crippen LogP contribution in [0.3, 0.4) is 0 Å². The van der Waals surface area contributed by atoms with Crippen molar-refractivity contribution in [1.82, 2.24) is 4.90 Å². The molecule has 0 atom stereocenters. The number of anilines is 2. The van der Waals surface area contributed by atoms with Crippen molar-refractivity contribution in [3.05, 3.63) is 54.4 Å². The van der Waals surface area contributed by atoms with E-state index >= 15 is 0 Å². The van der Waals surface area contributed by atoms with Crippen LogP contribution in [0.25, 0.3) is 5.70 Å². The second-order valence-corrected chi connectivity index (χ2v) is 9.35. The number of halogens is 1. The van der Waals surface area contributed by atoms with Crippen molar-refractivity contribution in [1.29, 1.82) is 0 Å². The van der Waals surface area contributed by atoms with Gasteiger partial charge in [0.15, 0.2) is 0 Å². The summed E-state index contributed by atoms with van der Waals surface area (Å²) in [7, 11) is 0. The third-order valence-electron chi connectivity index (χ3n) is 6.51. The van der Waals surface area contributed by atoms with Gasteiger partial charge in [-0.25, -0.2) is 4.39 Å². The molecule has 0 radical (unpaired) electrons. The van der Waals surface area contributed by atoms with Crippen molar-refractivity contribution in [3.63, 3.8) is 0 Å². The van der Waals surface area contributed by atoms with Crippen molar-refractivity contribution >= 4 is 35.8 Å². The van der Waals surface area contributed by atoms with Gasteiger partial charge >= 0.3 is 0 Å². The van der Waals surface area contributed by atoms with Crippen LogP contribution in [0.5, 0.6) is 5.75 Å². The molecule has 0 bridgehead atoms. The van der Waals surface area contributed by atoms with Gasteiger partial charge in [-0.15, -0.1) is 0 Å². The Balaban J connectivity index is 0.000000428. The molecular formula is C30H44FN5O4. The van der Waals surface area contributed by atoms with Crippen molar-refractivity contribution in [2.45, 2.75) is 26.2 Å². The lowest BCUT2D eigenvalue weighted by Gasteiger charge is -2.26. The van der Waals surface area contributed by atoms with E-state index in [1.165, 1.54) is 25.3 Å². The number of carbonyl (C=O) groups excluding carboxylic acids is 1. The fraction of sp³-hybridized carbons (Fsp3) is 0.467. The van der Waals surface area contributed by atoms with Crippen molar-refractivity contribution < 1.29 is 23.4 Å². The molecular weight excluding hydrogens is 513 g/mol. The quantitative estimate of drug-likeness (QED) is 0.288. The van der Waals surface area contributed by atoms with Gasteiger partial charge < -0.3 is 35.8 Å². The Kier molecular flexibility index (Phi) is 15.5. The summed E-state index contributed by atoms with van der Waals surface area (Å²) in [6, 6.07) is 10.3. The van der Waals surface area contributed by atoms with E-state index in [1.807, 2.05) is 18.9 Å². The monoisotopic (exact) mass is 557 g/mol. The fourth-order valence-corrected chi connectivity index (χ4v) is 4.38. The summed E-state index contributed by atoms with van der Waals surface area (Å²) in [5.74, 6) is 0.853. The van der Waals surface area contributed by atoms with Crippen LogP contribution in [0.2, 0.25) is 0 Å². The summed E-state index contributed by atoms with van der Waals surface area (Å²) in [6.45, 7) is 15.0. The second kappa shape index (κ2) is 18.9. The van der Waals surface area contributed by atoms with E-state index in [2.05, 4.69) is 21.8 Å². The summed E-state index contributed by atoms with van der Waals surface area (Å²) >= 11 is 0. The van der Waals surface area contributed by atoms with Gasteiger partial charge in [-0.3, -0.25) is 9.89 Å². The standard InChI is InChI=1S/C22H27FN4O2.C7H15NO.CH2O/c1-3-25-21-15-19(29-13-10-27-8-11-28-12-9-27)14-20(23)22(21)16(2)26-18-6-4-17(24)5-7-18;8-4-1-7-2-5-9-6-3-7;1-2/h3-7,14-15,26H,2,8-13,24H2,1H3;7H,1-6,8H2;1H2. The number of rotatable bonds is 10. The van der Waals surface area contributed by atoms with Crippen molar-refractivity contribution in [2.75, 3.05) is 70.3 Å². The highest BCUT2D eigenvalue weighted by Gasteiger charge is 2.16. The minimum Gasteiger partial charge on any atom is -0.492 e. The van der Waals surface area contributed by atoms with Crippen LogP contribution in [0.1, 0.15) is 31.7 Å². The molecule has 10 heteroatoms. The van der Waals surface area contributed by atoms with Gasteiger partial charge in [0.05, 0.1) is 24.5 Å². The lowest BCUT2D eigenvalue weighted by Crippen LogP contribution is -2.38. The first-order valence-electron chi connectivity index (χ1n) is 13.6. The van der Waals surface area contributed by atoms with Crippen molar-refractivity contribution in [2.24, 2.45) is 16.6 Å². The van der Waals surface area contributed by atoms with Crippen LogP contribution in [-0.2, 0) is 14.3 Å². The molecule has 40 heavy (non-hydrogen) atoms. The molecule has 2 aliphatic rings. The summed E-state index contributed by atoms with van der Waals surface area (Å²) in [5, 5.41) is 3.11. The van der Waals surface area contributed by atoms with Gasteiger partial charge in [0, 0.05) is 68.3 Å². The maximum Gasteiger partial charge on any atom is 0.138 e. The Hall–Kier alpha value is -3.31. The summed E-state index contributed by atoms with van der Waals surface area (Å²) in [6.07, 6.45) is 5.24. The zero-order valence-electron chi connectivity index (χ0n) is 23.6. The number of carbonyl (C=O) groups is 1. The van der Waals surface area contributed by atoms with E-state index in [4.69, 9.17) is 30.5 Å². The predicted molar refractivity (Wildman–Crippen MR) is 161 cm³/mol. The minimum atomic E-state index is -0.442. The Labute approximate surface area is 237 Å². The van der Waals surface area contributed by atoms with Gasteiger partial charge in [-0.2, -0.15) is 0 Å². The van der Waals surface area contributed by atoms with E-state index in [1.54, 1.807) is 31.3 Å². The molecule has 2 aromatic carbocycles. The first kappa shape index (κ1) is 32.9. The molecule has 5 N–H and O–H groups in total. The number of nitrogens with zero attached hydrogens (tertiary/aromatic N) is 2. The third-order valence-corrected chi connectivity index (χ3v) is 6.51. The average molecular weight is 558 g/mol. The molecule has 0 saturated carbocycles. The summed E-state index contributed by atoms with van der Waals surface area (Å²) in [5.41, 5.74) is 13.7. The first-order valence-corrected chi connectivity index (χ1v) is 13.6. The molecule has 9 nitrogen and oxygen atoms in total. The maximum atomic E-state index is 14.9. The zero-order chi connectivity index (χ0) is 29.2. The number of hydrogen-bond donors (Lipinski definition) is 3. The largest absolute Gasteiger partial charge is 0.492 e. The number of nitrogens with two attached hydrogens (primary N) is 2. The SMILES string of the molecule is C=C(Nc1ccc(N)cc1)c1c(F)cc(OCCN2CCOCC2)cc1N=CC.C=O.NCCC1CCOCC1. The molecule has 0 unspecified atom stereocenters. The van der Waals surface area contributed by atoms with Crippen LogP contribution < -0.4 is 21.5 Å². The molecule has 2 aliphatic heterocycles. The number of benzene rings is 2. The van der Waals surface area contributed by atoms with Gasteiger partial charge in [0.25, 0.3) is 0 Å². The van der Waals surface area contributed by atoms with E-state index in [0.717, 1.165) is 64.2 Å². The molecule has 2 aromatic rings. The van der Waals surface area contributed by atoms with E-state index in [0.29, 0.717) is 35.0 Å². The van der Waals surface area contributed by atoms with E-state index < -0.39 is 5.82 Å². The first-order chi connectivity index (χ1) is 19.5. The molecule has 0 aromatic heterocycles. The smallest absolute Gasteiger partial charge is 0.138 e. The van der Waals surface area contributed by atoms with Crippen LogP contribution >= 0.6 is 0 Å². The average Bonchev–Trinajstić information content (AvgIpc) is 2.97. The predicted octanol–water partition coefficient (Wildman–Crippen LogP) is 4.50. The van der Waals surface area contributed by atoms with Crippen molar-refractivity contribution in [3.8, 4) is 5.75 Å². The number of nitrogen functional groups attached to an aromatic ring is 1. The number of ether oxygens (including phenoxy) is 3. The zero-order valence-corrected chi connectivity index (χ0v) is 23.6. The number of hydrogen-bond acceptors (Lipinski definition) is 9. The number of nitrogens with one attached hydrogen (secondary N) is 1. The number of morpholine rings is 1. The Morgan fingerprint density at radius 2 is 1.80 bits per heavy atom. The summed E-state index contributed by atoms with van der Waals surface area (Å²) in [4.78, 5) is 14.6. The molecule has 0 spiro atoms. The van der Waals surface area contributed by atoms with Crippen LogP contribution in [0.15, 0.2) is 48.0 Å². The molecule has 4 rings (SSSR count). The summed E-state index contributed by atoms with van der Waals surface area (Å²) < 4.78 is 31.3. The van der Waals surface area contributed by atoms with E-state index in [9.17, 15) is 4.39 Å². The molecule has 2 saturated heterocycles. The van der Waals surface area contributed by atoms with Gasteiger partial charge in [0.1, 0.15) is 25.0 Å². The molecule has 2 heterocycles. The highest BCUT2D eigenvalue weighted by Crippen LogP contribution is 2.33. The van der Waals surface area contributed by atoms with Gasteiger partial charge in [-0.05, 0) is 62.9 Å². The van der Waals surface area contributed by atoms with Crippen LogP contribution in [-0.4, -0.2) is 77.1 Å². The normalized spacial score (nSPS) is 15.9. The highest BCUT2D eigenvalue weighted by atomic mass is 19.1. The molecule has 0 amide bonds. The number of aliphatic imine (C=N–C) groups is 1. The Bertz CT molecular complexity index is 1040. The van der Waals surface area contributed by atoms with Crippen LogP contribution in [0, 0.1) is 11.7 Å². The lowest BCUT2D eigenvalue weighted by molar-refractivity contribution is -0.0980. The Morgan fingerprint density at radius 3 is 2.42 bits per heavy atom. The minimum absolute atomic E-state index is 0.306. The molecule has 0 aliphatic carbocycles. The third kappa shape index (κ3) is 11.4. The lowest BCUT2D eigenvalue weighted by atomic mass is 9.97. The van der Waals surface area contributed by atoms with Crippen LogP contribution in [0.4, 0.5) is 21.5 Å². The fourth-order valence-electron chi connectivity index (χ4n) is 4.38. The Morgan fingerprint density at radius 1 is 1.15 bits per heavy atom. The topological polar surface area (TPSA) is 124 Å². The highest BCUT2D eigenvalue weighted by molar-refractivity contribution is 5.83. The van der Waals surface area contributed by atoms with Gasteiger partial charge in [0.2, 0.25) is 0 Å². The molecule has 220 valence electrons. The van der Waals surface area contributed by atoms with Gasteiger partial charge in [-0.1, -0.05) is 6.58 Å². The van der Waals surface area contributed by atoms with E-state index in [-0.39, 0.29) is 0 Å².